The highest BCUT2D eigenvalue weighted by atomic mass is 15.0. The standard InChI is InChI=1S/C14H10N4/c15-9-10-3-2-8-18(10)13-6-5-12(16)11-4-1-7-17-14(11)13/h1-8H,16H2. The summed E-state index contributed by atoms with van der Waals surface area (Å²) >= 11 is 0. The van der Waals surface area contributed by atoms with Gasteiger partial charge in [0.05, 0.1) is 11.2 Å². The highest BCUT2D eigenvalue weighted by Crippen LogP contribution is 2.26. The molecule has 4 heteroatoms. The number of benzene rings is 1. The summed E-state index contributed by atoms with van der Waals surface area (Å²) in [5.74, 6) is 0. The zero-order valence-electron chi connectivity index (χ0n) is 9.54. The van der Waals surface area contributed by atoms with Gasteiger partial charge in [-0.05, 0) is 36.4 Å². The molecule has 3 rings (SSSR count). The lowest BCUT2D eigenvalue weighted by atomic mass is 10.1. The minimum Gasteiger partial charge on any atom is -0.398 e. The number of nitriles is 1. The highest BCUT2D eigenvalue weighted by molar-refractivity contribution is 5.95. The molecule has 0 spiro atoms. The van der Waals surface area contributed by atoms with E-state index in [1.807, 2.05) is 41.1 Å². The Morgan fingerprint density at radius 3 is 2.89 bits per heavy atom. The van der Waals surface area contributed by atoms with Crippen molar-refractivity contribution in [2.75, 3.05) is 5.73 Å². The minimum atomic E-state index is 0.576. The quantitative estimate of drug-likeness (QED) is 0.658. The normalized spacial score (nSPS) is 10.4. The van der Waals surface area contributed by atoms with Crippen LogP contribution < -0.4 is 5.73 Å². The zero-order valence-corrected chi connectivity index (χ0v) is 9.54. The Kier molecular flexibility index (Phi) is 2.24. The lowest BCUT2D eigenvalue weighted by Gasteiger charge is -2.09. The van der Waals surface area contributed by atoms with Gasteiger partial charge in [-0.25, -0.2) is 0 Å². The summed E-state index contributed by atoms with van der Waals surface area (Å²) in [6.45, 7) is 0. The van der Waals surface area contributed by atoms with E-state index in [0.29, 0.717) is 11.4 Å². The van der Waals surface area contributed by atoms with Crippen LogP contribution >= 0.6 is 0 Å². The van der Waals surface area contributed by atoms with Crippen LogP contribution in [-0.4, -0.2) is 9.55 Å². The van der Waals surface area contributed by atoms with Crippen molar-refractivity contribution in [3.8, 4) is 11.8 Å². The van der Waals surface area contributed by atoms with E-state index < -0.39 is 0 Å². The van der Waals surface area contributed by atoms with E-state index in [1.54, 1.807) is 12.3 Å². The minimum absolute atomic E-state index is 0.576. The predicted molar refractivity (Wildman–Crippen MR) is 70.2 cm³/mol. The molecular weight excluding hydrogens is 224 g/mol. The van der Waals surface area contributed by atoms with Crippen molar-refractivity contribution in [3.05, 3.63) is 54.5 Å². The molecule has 1 aromatic carbocycles. The lowest BCUT2D eigenvalue weighted by Crippen LogP contribution is -1.99. The average molecular weight is 234 g/mol. The van der Waals surface area contributed by atoms with Crippen molar-refractivity contribution in [3.63, 3.8) is 0 Å². The monoisotopic (exact) mass is 234 g/mol. The van der Waals surface area contributed by atoms with Crippen molar-refractivity contribution in [2.24, 2.45) is 0 Å². The molecule has 0 saturated heterocycles. The lowest BCUT2D eigenvalue weighted by molar-refractivity contribution is 1.06. The molecule has 0 fully saturated rings. The summed E-state index contributed by atoms with van der Waals surface area (Å²) in [7, 11) is 0. The van der Waals surface area contributed by atoms with Crippen molar-refractivity contribution in [1.29, 1.82) is 5.26 Å². The Morgan fingerprint density at radius 1 is 1.17 bits per heavy atom. The summed E-state index contributed by atoms with van der Waals surface area (Å²) < 4.78 is 1.81. The third kappa shape index (κ3) is 1.42. The van der Waals surface area contributed by atoms with Gasteiger partial charge in [-0.2, -0.15) is 5.26 Å². The molecule has 0 saturated carbocycles. The van der Waals surface area contributed by atoms with Gasteiger partial charge in [-0.3, -0.25) is 4.98 Å². The van der Waals surface area contributed by atoms with Gasteiger partial charge in [0.25, 0.3) is 0 Å². The molecule has 2 N–H and O–H groups in total. The number of hydrogen-bond donors (Lipinski definition) is 1. The zero-order chi connectivity index (χ0) is 12.5. The SMILES string of the molecule is N#Cc1cccn1-c1ccc(N)c2cccnc12. The number of nitrogens with two attached hydrogens (primary N) is 1. The van der Waals surface area contributed by atoms with Gasteiger partial charge in [-0.15, -0.1) is 0 Å². The smallest absolute Gasteiger partial charge is 0.124 e. The van der Waals surface area contributed by atoms with Gasteiger partial charge in [0.15, 0.2) is 0 Å². The molecule has 3 aromatic rings. The average Bonchev–Trinajstić information content (AvgIpc) is 2.88. The first-order chi connectivity index (χ1) is 8.81. The van der Waals surface area contributed by atoms with Crippen molar-refractivity contribution in [2.45, 2.75) is 0 Å². The van der Waals surface area contributed by atoms with Gasteiger partial charge in [0.1, 0.15) is 11.8 Å². The molecule has 86 valence electrons. The Bertz CT molecular complexity index is 765. The predicted octanol–water partition coefficient (Wildman–Crippen LogP) is 2.48. The third-order valence-corrected chi connectivity index (χ3v) is 2.90. The third-order valence-electron chi connectivity index (χ3n) is 2.90. The maximum absolute atomic E-state index is 9.08. The number of nitrogen functional groups attached to an aromatic ring is 1. The number of fused-ring (bicyclic) bond motifs is 1. The van der Waals surface area contributed by atoms with E-state index in [2.05, 4.69) is 11.1 Å². The molecule has 4 nitrogen and oxygen atoms in total. The van der Waals surface area contributed by atoms with Crippen LogP contribution in [0.5, 0.6) is 0 Å². The largest absolute Gasteiger partial charge is 0.398 e. The number of anilines is 1. The molecule has 0 atom stereocenters. The summed E-state index contributed by atoms with van der Waals surface area (Å²) in [6.07, 6.45) is 3.57. The van der Waals surface area contributed by atoms with Crippen molar-refractivity contribution >= 4 is 16.6 Å². The molecule has 18 heavy (non-hydrogen) atoms. The Morgan fingerprint density at radius 2 is 2.06 bits per heavy atom. The number of hydrogen-bond acceptors (Lipinski definition) is 3. The van der Waals surface area contributed by atoms with Crippen LogP contribution in [0.15, 0.2) is 48.8 Å². The van der Waals surface area contributed by atoms with Crippen LogP contribution in [0.25, 0.3) is 16.6 Å². The highest BCUT2D eigenvalue weighted by Gasteiger charge is 2.09. The molecule has 0 aliphatic heterocycles. The fourth-order valence-corrected chi connectivity index (χ4v) is 2.06. The second-order valence-corrected chi connectivity index (χ2v) is 3.95. The Labute approximate surface area is 104 Å². The molecule has 0 bridgehead atoms. The topological polar surface area (TPSA) is 67.6 Å². The van der Waals surface area contributed by atoms with Crippen molar-refractivity contribution < 1.29 is 0 Å². The van der Waals surface area contributed by atoms with Gasteiger partial charge in [-0.1, -0.05) is 0 Å². The van der Waals surface area contributed by atoms with Gasteiger partial charge in [0, 0.05) is 23.5 Å². The first-order valence-electron chi connectivity index (χ1n) is 5.52. The fourth-order valence-electron chi connectivity index (χ4n) is 2.06. The van der Waals surface area contributed by atoms with E-state index >= 15 is 0 Å². The summed E-state index contributed by atoms with van der Waals surface area (Å²) in [5, 5.41) is 9.98. The van der Waals surface area contributed by atoms with Crippen LogP contribution in [0.3, 0.4) is 0 Å². The number of aromatic nitrogens is 2. The van der Waals surface area contributed by atoms with Crippen LogP contribution in [0.2, 0.25) is 0 Å². The van der Waals surface area contributed by atoms with Crippen LogP contribution in [0.1, 0.15) is 5.69 Å². The summed E-state index contributed by atoms with van der Waals surface area (Å²) in [6, 6.07) is 13.3. The molecule has 0 unspecified atom stereocenters. The van der Waals surface area contributed by atoms with Crippen LogP contribution in [0.4, 0.5) is 5.69 Å². The first-order valence-corrected chi connectivity index (χ1v) is 5.52. The molecule has 0 amide bonds. The maximum Gasteiger partial charge on any atom is 0.124 e. The molecule has 0 aliphatic carbocycles. The van der Waals surface area contributed by atoms with E-state index in [9.17, 15) is 0 Å². The maximum atomic E-state index is 9.08. The van der Waals surface area contributed by atoms with Crippen LogP contribution in [-0.2, 0) is 0 Å². The number of pyridine rings is 1. The van der Waals surface area contributed by atoms with Gasteiger partial charge < -0.3 is 10.3 Å². The van der Waals surface area contributed by atoms with E-state index in [-0.39, 0.29) is 0 Å². The van der Waals surface area contributed by atoms with Gasteiger partial charge in [0.2, 0.25) is 0 Å². The molecule has 2 heterocycles. The van der Waals surface area contributed by atoms with Crippen molar-refractivity contribution in [1.82, 2.24) is 9.55 Å². The first kappa shape index (κ1) is 10.4. The van der Waals surface area contributed by atoms with Crippen LogP contribution in [0, 0.1) is 11.3 Å². The number of nitrogens with zero attached hydrogens (tertiary/aromatic N) is 3. The molecule has 0 radical (unpaired) electrons. The second kappa shape index (κ2) is 3.90. The second-order valence-electron chi connectivity index (χ2n) is 3.95. The Hall–Kier alpha value is -2.80. The fraction of sp³-hybridized carbons (Fsp3) is 0. The molecule has 0 aliphatic rings. The van der Waals surface area contributed by atoms with E-state index in [0.717, 1.165) is 16.6 Å². The Balaban J connectivity index is 2.38. The molecular formula is C14H10N4. The van der Waals surface area contributed by atoms with Gasteiger partial charge >= 0.3 is 0 Å². The summed E-state index contributed by atoms with van der Waals surface area (Å²) in [4.78, 5) is 4.36. The summed E-state index contributed by atoms with van der Waals surface area (Å²) in [5.41, 5.74) is 8.86. The van der Waals surface area contributed by atoms with E-state index in [1.165, 1.54) is 0 Å². The number of rotatable bonds is 1. The molecule has 2 aromatic heterocycles. The van der Waals surface area contributed by atoms with E-state index in [4.69, 9.17) is 11.0 Å².